The lowest BCUT2D eigenvalue weighted by atomic mass is 9.94. The van der Waals surface area contributed by atoms with E-state index in [-0.39, 0.29) is 6.61 Å². The zero-order valence-electron chi connectivity index (χ0n) is 14.5. The van der Waals surface area contributed by atoms with Gasteiger partial charge in [0.2, 0.25) is 0 Å². The fourth-order valence-corrected chi connectivity index (χ4v) is 4.01. The van der Waals surface area contributed by atoms with Crippen molar-refractivity contribution >= 4 is 5.97 Å². The Morgan fingerprint density at radius 1 is 1.27 bits per heavy atom. The van der Waals surface area contributed by atoms with Gasteiger partial charge in [0.1, 0.15) is 24.9 Å². The van der Waals surface area contributed by atoms with Crippen LogP contribution in [0, 0.1) is 0 Å². The standard InChI is InChI=1S/C17H22N2O7/c1-10(20)23-9-11-13-14(26-17(25-13)6-3-2-4-7-17)15(24-11)19-8-5-12(21)18-16(19)22/h5,8,11,13-15H,2-4,6-7,9H2,1H3,(H,18,21,22)/t11-,13-,14-,15-/m1/s1. The van der Waals surface area contributed by atoms with Gasteiger partial charge in [-0.15, -0.1) is 0 Å². The van der Waals surface area contributed by atoms with Gasteiger partial charge < -0.3 is 18.9 Å². The Bertz CT molecular complexity index is 795. The number of H-pyrrole nitrogens is 1. The second-order valence-corrected chi connectivity index (χ2v) is 7.02. The Kier molecular flexibility index (Phi) is 4.45. The van der Waals surface area contributed by atoms with Crippen LogP contribution in [0.25, 0.3) is 0 Å². The number of aromatic amines is 1. The molecule has 3 heterocycles. The maximum Gasteiger partial charge on any atom is 0.330 e. The summed E-state index contributed by atoms with van der Waals surface area (Å²) in [5.41, 5.74) is -1.06. The predicted octanol–water partition coefficient (Wildman–Crippen LogP) is 0.441. The fourth-order valence-electron chi connectivity index (χ4n) is 4.01. The van der Waals surface area contributed by atoms with Crippen molar-refractivity contribution < 1.29 is 23.7 Å². The summed E-state index contributed by atoms with van der Waals surface area (Å²) in [7, 11) is 0. The highest BCUT2D eigenvalue weighted by Gasteiger charge is 2.59. The average Bonchev–Trinajstić information content (AvgIpc) is 3.10. The summed E-state index contributed by atoms with van der Waals surface area (Å²) in [5.74, 6) is -1.09. The summed E-state index contributed by atoms with van der Waals surface area (Å²) in [5, 5.41) is 0. The smallest absolute Gasteiger partial charge is 0.330 e. The number of ether oxygens (including phenoxy) is 4. The molecule has 0 aromatic carbocycles. The first-order chi connectivity index (χ1) is 12.5. The van der Waals surface area contributed by atoms with Crippen LogP contribution in [0.3, 0.4) is 0 Å². The van der Waals surface area contributed by atoms with E-state index in [2.05, 4.69) is 4.98 Å². The first-order valence-corrected chi connectivity index (χ1v) is 8.93. The van der Waals surface area contributed by atoms with Crippen molar-refractivity contribution in [2.24, 2.45) is 0 Å². The van der Waals surface area contributed by atoms with Crippen LogP contribution in [0.4, 0.5) is 0 Å². The highest BCUT2D eigenvalue weighted by Crippen LogP contribution is 2.48. The zero-order valence-corrected chi connectivity index (χ0v) is 14.5. The molecule has 4 rings (SSSR count). The van der Waals surface area contributed by atoms with Crippen molar-refractivity contribution in [3.05, 3.63) is 33.1 Å². The van der Waals surface area contributed by atoms with Crippen molar-refractivity contribution in [2.75, 3.05) is 6.61 Å². The van der Waals surface area contributed by atoms with Crippen molar-refractivity contribution in [3.8, 4) is 0 Å². The molecule has 0 unspecified atom stereocenters. The molecular formula is C17H22N2O7. The number of nitrogens with one attached hydrogen (secondary N) is 1. The lowest BCUT2D eigenvalue weighted by Gasteiger charge is -2.34. The van der Waals surface area contributed by atoms with Crippen LogP contribution in [0.15, 0.2) is 21.9 Å². The molecule has 9 heteroatoms. The summed E-state index contributed by atoms with van der Waals surface area (Å²) in [6.45, 7) is 1.34. The van der Waals surface area contributed by atoms with Gasteiger partial charge in [-0.25, -0.2) is 4.79 Å². The molecule has 26 heavy (non-hydrogen) atoms. The third-order valence-electron chi connectivity index (χ3n) is 5.18. The second-order valence-electron chi connectivity index (χ2n) is 7.02. The Hall–Kier alpha value is -1.97. The van der Waals surface area contributed by atoms with Crippen LogP contribution in [-0.2, 0) is 23.7 Å². The molecule has 0 bridgehead atoms. The van der Waals surface area contributed by atoms with Crippen molar-refractivity contribution in [3.63, 3.8) is 0 Å². The number of nitrogens with zero attached hydrogens (tertiary/aromatic N) is 1. The molecule has 9 nitrogen and oxygen atoms in total. The topological polar surface area (TPSA) is 109 Å². The molecule has 2 aliphatic heterocycles. The monoisotopic (exact) mass is 366 g/mol. The van der Waals surface area contributed by atoms with Crippen LogP contribution in [0.1, 0.15) is 45.3 Å². The summed E-state index contributed by atoms with van der Waals surface area (Å²) < 4.78 is 24.8. The normalized spacial score (nSPS) is 32.5. The van der Waals surface area contributed by atoms with E-state index in [1.807, 2.05) is 0 Å². The van der Waals surface area contributed by atoms with E-state index < -0.39 is 47.5 Å². The molecule has 142 valence electrons. The predicted molar refractivity (Wildman–Crippen MR) is 87.4 cm³/mol. The van der Waals surface area contributed by atoms with Crippen molar-refractivity contribution in [1.82, 2.24) is 9.55 Å². The molecule has 3 aliphatic rings. The second kappa shape index (κ2) is 6.64. The maximum atomic E-state index is 12.2. The van der Waals surface area contributed by atoms with E-state index in [4.69, 9.17) is 18.9 Å². The Balaban J connectivity index is 1.63. The molecule has 2 saturated heterocycles. The van der Waals surface area contributed by atoms with E-state index in [9.17, 15) is 14.4 Å². The molecule has 0 amide bonds. The minimum absolute atomic E-state index is 0.0184. The minimum atomic E-state index is -0.758. The van der Waals surface area contributed by atoms with Gasteiger partial charge in [0.15, 0.2) is 12.0 Å². The third kappa shape index (κ3) is 3.10. The first-order valence-electron chi connectivity index (χ1n) is 8.93. The quantitative estimate of drug-likeness (QED) is 0.773. The number of hydrogen-bond acceptors (Lipinski definition) is 7. The van der Waals surface area contributed by atoms with Gasteiger partial charge in [-0.3, -0.25) is 19.1 Å². The van der Waals surface area contributed by atoms with Gasteiger partial charge in [0.05, 0.1) is 0 Å². The summed E-state index contributed by atoms with van der Waals surface area (Å²) in [4.78, 5) is 37.0. The number of hydrogen-bond donors (Lipinski definition) is 1. The summed E-state index contributed by atoms with van der Waals surface area (Å²) in [6.07, 6.45) is 3.85. The lowest BCUT2D eigenvalue weighted by Crippen LogP contribution is -2.39. The van der Waals surface area contributed by atoms with E-state index in [0.717, 1.165) is 32.1 Å². The van der Waals surface area contributed by atoms with E-state index >= 15 is 0 Å². The molecule has 1 N–H and O–H groups in total. The first kappa shape index (κ1) is 17.4. The number of aromatic nitrogens is 2. The number of esters is 1. The SMILES string of the molecule is CC(=O)OC[C@H]1O[C@@H](n2ccc(=O)[nH]c2=O)[C@@H]2OC3(CCCCC3)O[C@@H]21. The summed E-state index contributed by atoms with van der Waals surface area (Å²) >= 11 is 0. The highest BCUT2D eigenvalue weighted by atomic mass is 16.8. The molecule has 1 aromatic heterocycles. The molecule has 1 spiro atoms. The van der Waals surface area contributed by atoms with Crippen LogP contribution in [0.5, 0.6) is 0 Å². The third-order valence-corrected chi connectivity index (χ3v) is 5.18. The van der Waals surface area contributed by atoms with Crippen molar-refractivity contribution in [1.29, 1.82) is 0 Å². The number of rotatable bonds is 3. The van der Waals surface area contributed by atoms with Crippen LogP contribution < -0.4 is 11.2 Å². The number of carbonyl (C=O) groups excluding carboxylic acids is 1. The minimum Gasteiger partial charge on any atom is -0.463 e. The molecule has 0 radical (unpaired) electrons. The molecule has 3 fully saturated rings. The molecule has 1 aliphatic carbocycles. The van der Waals surface area contributed by atoms with E-state index in [1.165, 1.54) is 23.8 Å². The fraction of sp³-hybridized carbons (Fsp3) is 0.706. The van der Waals surface area contributed by atoms with Gasteiger partial charge in [-0.1, -0.05) is 6.42 Å². The van der Waals surface area contributed by atoms with Crippen LogP contribution >= 0.6 is 0 Å². The lowest BCUT2D eigenvalue weighted by molar-refractivity contribution is -0.234. The van der Waals surface area contributed by atoms with Crippen molar-refractivity contribution in [2.45, 2.75) is 69.4 Å². The van der Waals surface area contributed by atoms with Gasteiger partial charge in [-0.2, -0.15) is 0 Å². The Morgan fingerprint density at radius 3 is 2.69 bits per heavy atom. The largest absolute Gasteiger partial charge is 0.463 e. The molecular weight excluding hydrogens is 344 g/mol. The van der Waals surface area contributed by atoms with Crippen LogP contribution in [-0.4, -0.2) is 46.2 Å². The zero-order chi connectivity index (χ0) is 18.3. The van der Waals surface area contributed by atoms with Gasteiger partial charge >= 0.3 is 11.7 Å². The summed E-state index contributed by atoms with van der Waals surface area (Å²) in [6, 6.07) is 1.26. The van der Waals surface area contributed by atoms with Gasteiger partial charge in [-0.05, 0) is 12.8 Å². The van der Waals surface area contributed by atoms with Gasteiger partial charge in [0.25, 0.3) is 5.56 Å². The maximum absolute atomic E-state index is 12.2. The Labute approximate surface area is 149 Å². The number of carbonyl (C=O) groups is 1. The van der Waals surface area contributed by atoms with E-state index in [0.29, 0.717) is 0 Å². The average molecular weight is 366 g/mol. The number of fused-ring (bicyclic) bond motifs is 1. The van der Waals surface area contributed by atoms with E-state index in [1.54, 1.807) is 0 Å². The molecule has 1 aromatic rings. The Morgan fingerprint density at radius 2 is 2.00 bits per heavy atom. The highest BCUT2D eigenvalue weighted by molar-refractivity contribution is 5.65. The molecule has 1 saturated carbocycles. The molecule has 4 atom stereocenters. The van der Waals surface area contributed by atoms with Crippen LogP contribution in [0.2, 0.25) is 0 Å². The van der Waals surface area contributed by atoms with Gasteiger partial charge in [0, 0.05) is 32.0 Å².